The summed E-state index contributed by atoms with van der Waals surface area (Å²) in [4.78, 5) is 4.48. The summed E-state index contributed by atoms with van der Waals surface area (Å²) < 4.78 is 1.89. The molecule has 0 aliphatic carbocycles. The van der Waals surface area contributed by atoms with Gasteiger partial charge in [-0.25, -0.2) is 9.50 Å². The molecular formula is C23H19ClN4. The molecule has 2 N–H and O–H groups in total. The molecule has 28 heavy (non-hydrogen) atoms. The van der Waals surface area contributed by atoms with E-state index in [0.29, 0.717) is 11.4 Å². The molecule has 0 saturated heterocycles. The van der Waals surface area contributed by atoms with Gasteiger partial charge in [0, 0.05) is 17.0 Å². The number of halogens is 1. The molecule has 0 radical (unpaired) electrons. The summed E-state index contributed by atoms with van der Waals surface area (Å²) in [5.74, 6) is 0. The minimum atomic E-state index is 0.689. The van der Waals surface area contributed by atoms with Crippen molar-refractivity contribution in [3.05, 3.63) is 99.8 Å². The first-order chi connectivity index (χ1) is 13.6. The number of hydrogen-bond donors (Lipinski definition) is 1. The van der Waals surface area contributed by atoms with Gasteiger partial charge < -0.3 is 5.73 Å². The molecule has 0 aliphatic heterocycles. The standard InChI is InChI=1S/C23H19ClN4/c1-16-7-8-17(12-18(16)5-3-11-25)13-21-15-26-23-10-9-22(27-28(21)23)19-4-2-6-20(24)14-19/h2-12,14-15H,1,13,25H2/b11-3-,18-5-. The highest BCUT2D eigenvalue weighted by molar-refractivity contribution is 6.30. The molecule has 0 amide bonds. The number of fused-ring (bicyclic) bond motifs is 1. The van der Waals surface area contributed by atoms with E-state index in [1.807, 2.05) is 59.3 Å². The van der Waals surface area contributed by atoms with Gasteiger partial charge in [-0.1, -0.05) is 54.6 Å². The van der Waals surface area contributed by atoms with E-state index in [1.54, 1.807) is 6.08 Å². The van der Waals surface area contributed by atoms with Crippen molar-refractivity contribution < 1.29 is 0 Å². The Labute approximate surface area is 167 Å². The molecule has 0 bridgehead atoms. The average molecular weight is 387 g/mol. The van der Waals surface area contributed by atoms with Crippen molar-refractivity contribution in [3.8, 4) is 11.3 Å². The Bertz CT molecular complexity index is 1290. The number of hydrogen-bond acceptors (Lipinski definition) is 3. The number of nitrogens with zero attached hydrogens (tertiary/aromatic N) is 3. The van der Waals surface area contributed by atoms with E-state index in [4.69, 9.17) is 22.4 Å². The summed E-state index contributed by atoms with van der Waals surface area (Å²) in [6, 6.07) is 17.8. The third-order valence-corrected chi connectivity index (χ3v) is 4.77. The highest BCUT2D eigenvalue weighted by Gasteiger charge is 2.08. The van der Waals surface area contributed by atoms with Gasteiger partial charge in [0.05, 0.1) is 17.6 Å². The molecule has 0 saturated carbocycles. The lowest BCUT2D eigenvalue weighted by Crippen LogP contribution is -2.23. The molecule has 2 aromatic heterocycles. The van der Waals surface area contributed by atoms with Gasteiger partial charge in [0.2, 0.25) is 0 Å². The molecule has 0 atom stereocenters. The zero-order valence-corrected chi connectivity index (χ0v) is 16.0. The molecule has 2 aromatic carbocycles. The van der Waals surface area contributed by atoms with Crippen LogP contribution >= 0.6 is 11.6 Å². The lowest BCUT2D eigenvalue weighted by atomic mass is 10.1. The molecule has 5 heteroatoms. The second kappa shape index (κ2) is 7.71. The summed E-state index contributed by atoms with van der Waals surface area (Å²) in [5, 5.41) is 7.47. The van der Waals surface area contributed by atoms with E-state index in [-0.39, 0.29) is 0 Å². The summed E-state index contributed by atoms with van der Waals surface area (Å²) in [6.07, 6.45) is 7.85. The molecule has 0 unspecified atom stereocenters. The Kier molecular flexibility index (Phi) is 4.96. The number of benzene rings is 2. The second-order valence-electron chi connectivity index (χ2n) is 6.51. The molecule has 2 heterocycles. The molecule has 4 nitrogen and oxygen atoms in total. The predicted molar refractivity (Wildman–Crippen MR) is 115 cm³/mol. The van der Waals surface area contributed by atoms with Crippen LogP contribution in [-0.2, 0) is 6.42 Å². The fourth-order valence-electron chi connectivity index (χ4n) is 3.12. The zero-order valence-electron chi connectivity index (χ0n) is 15.2. The average Bonchev–Trinajstić information content (AvgIpc) is 3.10. The Hall–Kier alpha value is -3.37. The maximum Gasteiger partial charge on any atom is 0.153 e. The van der Waals surface area contributed by atoms with E-state index in [2.05, 4.69) is 23.7 Å². The van der Waals surface area contributed by atoms with Crippen LogP contribution in [0.1, 0.15) is 11.3 Å². The maximum atomic E-state index is 6.13. The normalized spacial score (nSPS) is 12.2. The van der Waals surface area contributed by atoms with E-state index >= 15 is 0 Å². The summed E-state index contributed by atoms with van der Waals surface area (Å²) in [5.41, 5.74) is 10.2. The Morgan fingerprint density at radius 2 is 2.00 bits per heavy atom. The van der Waals surface area contributed by atoms with E-state index in [0.717, 1.165) is 38.6 Å². The SMILES string of the molecule is C=c1ccc(Cc2cnc3ccc(-c4cccc(Cl)c4)nn23)c/c1=C/C=C\N. The van der Waals surface area contributed by atoms with Crippen LogP contribution in [0, 0.1) is 0 Å². The first-order valence-corrected chi connectivity index (χ1v) is 9.28. The fourth-order valence-corrected chi connectivity index (χ4v) is 3.31. The second-order valence-corrected chi connectivity index (χ2v) is 6.95. The van der Waals surface area contributed by atoms with Gasteiger partial charge in [0.15, 0.2) is 5.65 Å². The van der Waals surface area contributed by atoms with Crippen molar-refractivity contribution in [2.75, 3.05) is 0 Å². The molecular weight excluding hydrogens is 368 g/mol. The first-order valence-electron chi connectivity index (χ1n) is 8.90. The largest absolute Gasteiger partial charge is 0.405 e. The lowest BCUT2D eigenvalue weighted by Gasteiger charge is -2.05. The predicted octanol–water partition coefficient (Wildman–Crippen LogP) is 3.30. The van der Waals surface area contributed by atoms with Crippen LogP contribution in [0.25, 0.3) is 29.6 Å². The number of aromatic nitrogens is 3. The van der Waals surface area contributed by atoms with Crippen molar-refractivity contribution in [1.29, 1.82) is 0 Å². The smallest absolute Gasteiger partial charge is 0.153 e. The van der Waals surface area contributed by atoms with Gasteiger partial charge in [0.1, 0.15) is 0 Å². The van der Waals surface area contributed by atoms with Crippen molar-refractivity contribution >= 4 is 29.9 Å². The number of nitrogens with two attached hydrogens (primary N) is 1. The van der Waals surface area contributed by atoms with Crippen molar-refractivity contribution in [1.82, 2.24) is 14.6 Å². The lowest BCUT2D eigenvalue weighted by molar-refractivity contribution is 0.875. The quantitative estimate of drug-likeness (QED) is 0.585. The minimum absolute atomic E-state index is 0.689. The molecule has 4 rings (SSSR count). The van der Waals surface area contributed by atoms with Gasteiger partial charge in [0.25, 0.3) is 0 Å². The van der Waals surface area contributed by atoms with E-state index < -0.39 is 0 Å². The van der Waals surface area contributed by atoms with Crippen LogP contribution in [-0.4, -0.2) is 14.6 Å². The van der Waals surface area contributed by atoms with Crippen LogP contribution in [0.2, 0.25) is 5.02 Å². The third kappa shape index (κ3) is 3.68. The van der Waals surface area contributed by atoms with Gasteiger partial charge in [-0.05, 0) is 52.5 Å². The van der Waals surface area contributed by atoms with Crippen molar-refractivity contribution in [3.63, 3.8) is 0 Å². The molecule has 0 aliphatic rings. The fraction of sp³-hybridized carbons (Fsp3) is 0.0435. The van der Waals surface area contributed by atoms with E-state index in [9.17, 15) is 0 Å². The van der Waals surface area contributed by atoms with Crippen LogP contribution in [0.4, 0.5) is 0 Å². The van der Waals surface area contributed by atoms with Crippen molar-refractivity contribution in [2.45, 2.75) is 6.42 Å². The summed E-state index contributed by atoms with van der Waals surface area (Å²) >= 11 is 6.13. The monoisotopic (exact) mass is 386 g/mol. The van der Waals surface area contributed by atoms with Gasteiger partial charge >= 0.3 is 0 Å². The minimum Gasteiger partial charge on any atom is -0.405 e. The highest BCUT2D eigenvalue weighted by Crippen LogP contribution is 2.21. The number of imidazole rings is 1. The Balaban J connectivity index is 1.74. The van der Waals surface area contributed by atoms with Crippen LogP contribution in [0.15, 0.2) is 73.1 Å². The highest BCUT2D eigenvalue weighted by atomic mass is 35.5. The Morgan fingerprint density at radius 1 is 1.11 bits per heavy atom. The van der Waals surface area contributed by atoms with Crippen LogP contribution < -0.4 is 16.2 Å². The zero-order chi connectivity index (χ0) is 19.5. The molecule has 0 fully saturated rings. The van der Waals surface area contributed by atoms with E-state index in [1.165, 1.54) is 6.20 Å². The summed E-state index contributed by atoms with van der Waals surface area (Å²) in [7, 11) is 0. The Morgan fingerprint density at radius 3 is 2.82 bits per heavy atom. The molecule has 138 valence electrons. The molecule has 0 spiro atoms. The summed E-state index contributed by atoms with van der Waals surface area (Å²) in [6.45, 7) is 4.07. The number of rotatable bonds is 4. The van der Waals surface area contributed by atoms with Crippen LogP contribution in [0.3, 0.4) is 0 Å². The van der Waals surface area contributed by atoms with Gasteiger partial charge in [-0.3, -0.25) is 0 Å². The first kappa shape index (κ1) is 18.0. The molecule has 4 aromatic rings. The van der Waals surface area contributed by atoms with Gasteiger partial charge in [-0.2, -0.15) is 5.10 Å². The topological polar surface area (TPSA) is 56.2 Å². The van der Waals surface area contributed by atoms with Crippen molar-refractivity contribution in [2.24, 2.45) is 5.73 Å². The number of allylic oxidation sites excluding steroid dienone is 1. The maximum absolute atomic E-state index is 6.13. The third-order valence-electron chi connectivity index (χ3n) is 4.54. The van der Waals surface area contributed by atoms with Gasteiger partial charge in [-0.15, -0.1) is 0 Å². The van der Waals surface area contributed by atoms with Crippen LogP contribution in [0.5, 0.6) is 0 Å².